The Bertz CT molecular complexity index is 1060. The number of ether oxygens (including phenoxy) is 2. The molecule has 3 aromatic rings. The van der Waals surface area contributed by atoms with Gasteiger partial charge in [-0.3, -0.25) is 0 Å². The minimum Gasteiger partial charge on any atom is -0.507 e. The maximum atomic E-state index is 12.7. The minimum absolute atomic E-state index is 0.0381. The number of halogens is 4. The summed E-state index contributed by atoms with van der Waals surface area (Å²) in [6, 6.07) is 7.41. The van der Waals surface area contributed by atoms with Crippen LogP contribution in [0, 0.1) is 0 Å². The van der Waals surface area contributed by atoms with Crippen molar-refractivity contribution in [1.82, 2.24) is 4.57 Å². The van der Waals surface area contributed by atoms with Crippen molar-refractivity contribution < 1.29 is 32.5 Å². The Kier molecular flexibility index (Phi) is 5.79. The molecule has 154 valence electrons. The van der Waals surface area contributed by atoms with Crippen molar-refractivity contribution in [1.29, 1.82) is 0 Å². The van der Waals surface area contributed by atoms with Crippen molar-refractivity contribution in [3.05, 3.63) is 57.7 Å². The van der Waals surface area contributed by atoms with Crippen LogP contribution < -0.4 is 4.74 Å². The molecule has 0 spiro atoms. The van der Waals surface area contributed by atoms with Crippen molar-refractivity contribution in [3.8, 4) is 11.5 Å². The number of rotatable bonds is 5. The molecule has 1 N–H and O–H groups in total. The molecule has 0 aliphatic heterocycles. The Hall–Kier alpha value is -2.68. The molecule has 0 aliphatic rings. The van der Waals surface area contributed by atoms with Gasteiger partial charge in [0.05, 0.1) is 33.4 Å². The molecule has 0 amide bonds. The summed E-state index contributed by atoms with van der Waals surface area (Å²) < 4.78 is 51.0. The molecule has 9 heteroatoms. The summed E-state index contributed by atoms with van der Waals surface area (Å²) in [7, 11) is 1.72. The lowest BCUT2D eigenvalue weighted by atomic mass is 10.1. The number of aromatic hydroxyl groups is 1. The maximum absolute atomic E-state index is 12.7. The van der Waals surface area contributed by atoms with E-state index < -0.39 is 17.7 Å². The normalized spacial score (nSPS) is 11.7. The molecule has 1 aromatic heterocycles. The van der Waals surface area contributed by atoms with E-state index >= 15 is 0 Å². The third kappa shape index (κ3) is 4.19. The standard InChI is InChI=1S/C20H17BrF3NO4/c1-3-28-19(27)18-13-8-17(26)14(21)9-15(13)25(2)16(18)10-29-12-6-4-11(5-7-12)20(22,23)24/h4-9,26H,3,10H2,1-2H3. The molecule has 0 fully saturated rings. The Labute approximate surface area is 172 Å². The molecule has 0 unspecified atom stereocenters. The highest BCUT2D eigenvalue weighted by atomic mass is 79.9. The van der Waals surface area contributed by atoms with Gasteiger partial charge in [-0.1, -0.05) is 0 Å². The molecule has 0 bridgehead atoms. The Morgan fingerprint density at radius 1 is 1.21 bits per heavy atom. The molecule has 1 heterocycles. The topological polar surface area (TPSA) is 60.7 Å². The Morgan fingerprint density at radius 3 is 2.45 bits per heavy atom. The number of hydrogen-bond acceptors (Lipinski definition) is 4. The maximum Gasteiger partial charge on any atom is 0.416 e. The number of nitrogens with zero attached hydrogens (tertiary/aromatic N) is 1. The second kappa shape index (κ2) is 7.98. The smallest absolute Gasteiger partial charge is 0.416 e. The van der Waals surface area contributed by atoms with Gasteiger partial charge in [-0.25, -0.2) is 4.79 Å². The summed E-state index contributed by atoms with van der Waals surface area (Å²) in [6.07, 6.45) is -4.43. The zero-order valence-electron chi connectivity index (χ0n) is 15.5. The van der Waals surface area contributed by atoms with Crippen molar-refractivity contribution in [2.45, 2.75) is 19.7 Å². The Morgan fingerprint density at radius 2 is 1.86 bits per heavy atom. The van der Waals surface area contributed by atoms with Gasteiger partial charge in [0.1, 0.15) is 18.1 Å². The number of benzene rings is 2. The molecule has 0 radical (unpaired) electrons. The van der Waals surface area contributed by atoms with E-state index in [-0.39, 0.29) is 30.3 Å². The van der Waals surface area contributed by atoms with Crippen LogP contribution in [0.1, 0.15) is 28.5 Å². The number of phenolic OH excluding ortho intramolecular Hbond substituents is 1. The quantitative estimate of drug-likeness (QED) is 0.504. The summed E-state index contributed by atoms with van der Waals surface area (Å²) in [4.78, 5) is 12.5. The van der Waals surface area contributed by atoms with Gasteiger partial charge >= 0.3 is 12.1 Å². The van der Waals surface area contributed by atoms with E-state index in [4.69, 9.17) is 9.47 Å². The monoisotopic (exact) mass is 471 g/mol. The predicted octanol–water partition coefficient (Wildman–Crippen LogP) is 5.42. The molecule has 0 saturated heterocycles. The van der Waals surface area contributed by atoms with Crippen LogP contribution in [0.3, 0.4) is 0 Å². The SMILES string of the molecule is CCOC(=O)c1c(COc2ccc(C(F)(F)F)cc2)n(C)c2cc(Br)c(O)cc12. The first-order valence-corrected chi connectivity index (χ1v) is 9.39. The van der Waals surface area contributed by atoms with Gasteiger partial charge in [-0.15, -0.1) is 0 Å². The number of alkyl halides is 3. The van der Waals surface area contributed by atoms with Gasteiger partial charge in [-0.05, 0) is 59.3 Å². The van der Waals surface area contributed by atoms with Crippen molar-refractivity contribution in [2.24, 2.45) is 7.05 Å². The molecule has 5 nitrogen and oxygen atoms in total. The van der Waals surface area contributed by atoms with Crippen LogP contribution in [-0.4, -0.2) is 22.2 Å². The van der Waals surface area contributed by atoms with Crippen LogP contribution in [0.25, 0.3) is 10.9 Å². The number of carbonyl (C=O) groups is 1. The first kappa shape index (κ1) is 21.0. The van der Waals surface area contributed by atoms with Crippen molar-refractivity contribution in [3.63, 3.8) is 0 Å². The lowest BCUT2D eigenvalue weighted by Gasteiger charge is -2.11. The van der Waals surface area contributed by atoms with Crippen molar-refractivity contribution >= 4 is 32.8 Å². The fourth-order valence-corrected chi connectivity index (χ4v) is 3.32. The highest BCUT2D eigenvalue weighted by molar-refractivity contribution is 9.10. The van der Waals surface area contributed by atoms with Crippen LogP contribution >= 0.6 is 15.9 Å². The number of aromatic nitrogens is 1. The summed E-state index contributed by atoms with van der Waals surface area (Å²) in [5.74, 6) is -0.392. The lowest BCUT2D eigenvalue weighted by Crippen LogP contribution is -2.11. The first-order valence-electron chi connectivity index (χ1n) is 8.60. The molecule has 0 saturated carbocycles. The van der Waals surface area contributed by atoms with Crippen LogP contribution in [0.2, 0.25) is 0 Å². The van der Waals surface area contributed by atoms with Gasteiger partial charge in [0, 0.05) is 12.4 Å². The molecular weight excluding hydrogens is 455 g/mol. The fourth-order valence-electron chi connectivity index (χ4n) is 2.99. The third-order valence-corrected chi connectivity index (χ3v) is 5.06. The molecule has 2 aromatic carbocycles. The number of fused-ring (bicyclic) bond motifs is 1. The number of hydrogen-bond donors (Lipinski definition) is 1. The third-order valence-electron chi connectivity index (χ3n) is 4.43. The summed E-state index contributed by atoms with van der Waals surface area (Å²) >= 11 is 3.25. The average molecular weight is 472 g/mol. The first-order chi connectivity index (χ1) is 13.6. The van der Waals surface area contributed by atoms with Gasteiger partial charge in [-0.2, -0.15) is 13.2 Å². The fraction of sp³-hybridized carbons (Fsp3) is 0.250. The van der Waals surface area contributed by atoms with E-state index in [0.29, 0.717) is 21.1 Å². The molecular formula is C20H17BrF3NO4. The van der Waals surface area contributed by atoms with E-state index in [2.05, 4.69) is 15.9 Å². The highest BCUT2D eigenvalue weighted by Gasteiger charge is 2.30. The van der Waals surface area contributed by atoms with Crippen LogP contribution in [-0.2, 0) is 24.6 Å². The number of carbonyl (C=O) groups excluding carboxylic acids is 1. The van der Waals surface area contributed by atoms with E-state index in [9.17, 15) is 23.1 Å². The van der Waals surface area contributed by atoms with Gasteiger partial charge in [0.2, 0.25) is 0 Å². The van der Waals surface area contributed by atoms with E-state index in [0.717, 1.165) is 12.1 Å². The van der Waals surface area contributed by atoms with Crippen LogP contribution in [0.15, 0.2) is 40.9 Å². The van der Waals surface area contributed by atoms with Gasteiger partial charge in [0.25, 0.3) is 0 Å². The average Bonchev–Trinajstić information content (AvgIpc) is 2.92. The number of phenols is 1. The van der Waals surface area contributed by atoms with E-state index in [1.807, 2.05) is 0 Å². The second-order valence-corrected chi connectivity index (χ2v) is 7.09. The lowest BCUT2D eigenvalue weighted by molar-refractivity contribution is -0.137. The summed E-state index contributed by atoms with van der Waals surface area (Å²) in [6.45, 7) is 1.76. The van der Waals surface area contributed by atoms with Gasteiger partial charge < -0.3 is 19.1 Å². The van der Waals surface area contributed by atoms with Crippen LogP contribution in [0.5, 0.6) is 11.5 Å². The zero-order valence-corrected chi connectivity index (χ0v) is 17.1. The number of esters is 1. The predicted molar refractivity (Wildman–Crippen MR) is 104 cm³/mol. The molecule has 0 aliphatic carbocycles. The van der Waals surface area contributed by atoms with Crippen LogP contribution in [0.4, 0.5) is 13.2 Å². The molecule has 3 rings (SSSR count). The van der Waals surface area contributed by atoms with Crippen molar-refractivity contribution in [2.75, 3.05) is 6.61 Å². The van der Waals surface area contributed by atoms with E-state index in [1.54, 1.807) is 24.6 Å². The second-order valence-electron chi connectivity index (χ2n) is 6.23. The summed E-state index contributed by atoms with van der Waals surface area (Å²) in [5.41, 5.74) is 0.584. The zero-order chi connectivity index (χ0) is 21.3. The summed E-state index contributed by atoms with van der Waals surface area (Å²) in [5, 5.41) is 10.5. The molecule has 0 atom stereocenters. The minimum atomic E-state index is -4.43. The molecule has 29 heavy (non-hydrogen) atoms. The number of aryl methyl sites for hydroxylation is 1. The van der Waals surface area contributed by atoms with Gasteiger partial charge in [0.15, 0.2) is 0 Å². The Balaban J connectivity index is 1.98. The van der Waals surface area contributed by atoms with E-state index in [1.165, 1.54) is 18.2 Å². The largest absolute Gasteiger partial charge is 0.507 e. The highest BCUT2D eigenvalue weighted by Crippen LogP contribution is 2.35.